The summed E-state index contributed by atoms with van der Waals surface area (Å²) in [6.07, 6.45) is 0. The highest BCUT2D eigenvalue weighted by Crippen LogP contribution is 2.13. The second-order valence-electron chi connectivity index (χ2n) is 2.59. The highest BCUT2D eigenvalue weighted by molar-refractivity contribution is 7.97. The molecule has 1 atom stereocenters. The van der Waals surface area contributed by atoms with E-state index in [9.17, 15) is 4.79 Å². The van der Waals surface area contributed by atoms with Crippen LogP contribution in [0.3, 0.4) is 0 Å². The van der Waals surface area contributed by atoms with Crippen LogP contribution in [-0.4, -0.2) is 17.1 Å². The molecule has 13 heavy (non-hydrogen) atoms. The Balaban J connectivity index is 2.39. The SMILES string of the molecule is C[C@H](NSc1ccccc1)C(=O)O. The van der Waals surface area contributed by atoms with Gasteiger partial charge in [-0.1, -0.05) is 18.2 Å². The summed E-state index contributed by atoms with van der Waals surface area (Å²) in [5, 5.41) is 8.58. The van der Waals surface area contributed by atoms with Crippen molar-refractivity contribution in [2.24, 2.45) is 0 Å². The number of benzene rings is 1. The number of nitrogens with one attached hydrogen (secondary N) is 1. The van der Waals surface area contributed by atoms with E-state index in [-0.39, 0.29) is 0 Å². The molecule has 0 fully saturated rings. The van der Waals surface area contributed by atoms with Crippen molar-refractivity contribution in [2.75, 3.05) is 0 Å². The number of carboxylic acids is 1. The molecule has 0 bridgehead atoms. The minimum absolute atomic E-state index is 0.537. The van der Waals surface area contributed by atoms with Crippen LogP contribution < -0.4 is 4.72 Å². The van der Waals surface area contributed by atoms with Gasteiger partial charge in [0.15, 0.2) is 0 Å². The van der Waals surface area contributed by atoms with Crippen LogP contribution in [0.2, 0.25) is 0 Å². The minimum atomic E-state index is -0.844. The van der Waals surface area contributed by atoms with Gasteiger partial charge >= 0.3 is 5.97 Å². The predicted molar refractivity (Wildman–Crippen MR) is 52.5 cm³/mol. The van der Waals surface area contributed by atoms with E-state index < -0.39 is 12.0 Å². The number of aliphatic carboxylic acids is 1. The summed E-state index contributed by atoms with van der Waals surface area (Å²) in [6, 6.07) is 9.05. The first-order valence-corrected chi connectivity index (χ1v) is 4.72. The smallest absolute Gasteiger partial charge is 0.321 e. The van der Waals surface area contributed by atoms with Crippen molar-refractivity contribution in [2.45, 2.75) is 17.9 Å². The Morgan fingerprint density at radius 3 is 2.62 bits per heavy atom. The summed E-state index contributed by atoms with van der Waals surface area (Å²) in [6.45, 7) is 1.61. The van der Waals surface area contributed by atoms with Gasteiger partial charge in [-0.25, -0.2) is 4.72 Å². The summed E-state index contributed by atoms with van der Waals surface area (Å²) in [5.41, 5.74) is 0. The Hall–Kier alpha value is -1.00. The van der Waals surface area contributed by atoms with Crippen LogP contribution in [-0.2, 0) is 4.79 Å². The van der Waals surface area contributed by atoms with Crippen LogP contribution in [0.15, 0.2) is 35.2 Å². The maximum absolute atomic E-state index is 10.4. The normalized spacial score (nSPS) is 12.4. The van der Waals surface area contributed by atoms with Crippen LogP contribution in [0.4, 0.5) is 0 Å². The lowest BCUT2D eigenvalue weighted by Gasteiger charge is -2.07. The lowest BCUT2D eigenvalue weighted by molar-refractivity contribution is -0.138. The van der Waals surface area contributed by atoms with E-state index in [2.05, 4.69) is 4.72 Å². The zero-order valence-electron chi connectivity index (χ0n) is 7.23. The Labute approximate surface area is 81.3 Å². The van der Waals surface area contributed by atoms with Gasteiger partial charge in [0.1, 0.15) is 6.04 Å². The Morgan fingerprint density at radius 2 is 2.08 bits per heavy atom. The first-order chi connectivity index (χ1) is 6.20. The van der Waals surface area contributed by atoms with E-state index in [1.165, 1.54) is 11.9 Å². The van der Waals surface area contributed by atoms with Gasteiger partial charge in [-0.05, 0) is 31.0 Å². The second-order valence-corrected chi connectivity index (χ2v) is 3.50. The van der Waals surface area contributed by atoms with E-state index in [1.54, 1.807) is 6.92 Å². The molecule has 0 aliphatic carbocycles. The Kier molecular flexibility index (Phi) is 3.79. The van der Waals surface area contributed by atoms with Gasteiger partial charge in [-0.15, -0.1) is 0 Å². The van der Waals surface area contributed by atoms with E-state index in [0.29, 0.717) is 0 Å². The molecule has 0 aromatic heterocycles. The van der Waals surface area contributed by atoms with E-state index in [4.69, 9.17) is 5.11 Å². The van der Waals surface area contributed by atoms with Crippen LogP contribution in [0, 0.1) is 0 Å². The first kappa shape index (κ1) is 10.1. The minimum Gasteiger partial charge on any atom is -0.480 e. The number of rotatable bonds is 4. The highest BCUT2D eigenvalue weighted by atomic mass is 32.2. The predicted octanol–water partition coefficient (Wildman–Crippen LogP) is 1.76. The van der Waals surface area contributed by atoms with Crippen molar-refractivity contribution in [3.05, 3.63) is 30.3 Å². The molecule has 0 aliphatic rings. The molecule has 1 aromatic rings. The lowest BCUT2D eigenvalue weighted by atomic mass is 10.4. The van der Waals surface area contributed by atoms with Crippen LogP contribution >= 0.6 is 11.9 Å². The fourth-order valence-electron chi connectivity index (χ4n) is 0.695. The third-order valence-electron chi connectivity index (χ3n) is 1.47. The number of hydrogen-bond donors (Lipinski definition) is 2. The quantitative estimate of drug-likeness (QED) is 0.722. The third-order valence-corrected chi connectivity index (χ3v) is 2.45. The van der Waals surface area contributed by atoms with Gasteiger partial charge in [-0.2, -0.15) is 0 Å². The average molecular weight is 197 g/mol. The standard InChI is InChI=1S/C9H11NO2S/c1-7(9(11)12)10-13-8-5-3-2-4-6-8/h2-7,10H,1H3,(H,11,12)/t7-/m0/s1. The van der Waals surface area contributed by atoms with Gasteiger partial charge in [0.2, 0.25) is 0 Å². The van der Waals surface area contributed by atoms with Gasteiger partial charge in [-0.3, -0.25) is 4.79 Å². The monoisotopic (exact) mass is 197 g/mol. The molecule has 0 spiro atoms. The summed E-state index contributed by atoms with van der Waals surface area (Å²) >= 11 is 1.33. The largest absolute Gasteiger partial charge is 0.480 e. The average Bonchev–Trinajstić information content (AvgIpc) is 2.15. The molecule has 0 unspecified atom stereocenters. The molecule has 4 heteroatoms. The van der Waals surface area contributed by atoms with Gasteiger partial charge < -0.3 is 5.11 Å². The summed E-state index contributed by atoms with van der Waals surface area (Å²) < 4.78 is 2.82. The molecule has 0 saturated heterocycles. The summed E-state index contributed by atoms with van der Waals surface area (Å²) in [4.78, 5) is 11.5. The fourth-order valence-corrected chi connectivity index (χ4v) is 1.40. The molecule has 3 nitrogen and oxygen atoms in total. The van der Waals surface area contributed by atoms with E-state index >= 15 is 0 Å². The van der Waals surface area contributed by atoms with E-state index in [1.807, 2.05) is 30.3 Å². The molecule has 0 heterocycles. The zero-order valence-corrected chi connectivity index (χ0v) is 8.04. The summed E-state index contributed by atoms with van der Waals surface area (Å²) in [7, 11) is 0. The molecular weight excluding hydrogens is 186 g/mol. The van der Waals surface area contributed by atoms with Crippen molar-refractivity contribution in [3.63, 3.8) is 0 Å². The molecule has 1 aromatic carbocycles. The van der Waals surface area contributed by atoms with Crippen molar-refractivity contribution >= 4 is 17.9 Å². The van der Waals surface area contributed by atoms with Crippen molar-refractivity contribution in [1.29, 1.82) is 0 Å². The molecule has 0 radical (unpaired) electrons. The van der Waals surface area contributed by atoms with Crippen LogP contribution in [0.25, 0.3) is 0 Å². The van der Waals surface area contributed by atoms with Crippen LogP contribution in [0.5, 0.6) is 0 Å². The van der Waals surface area contributed by atoms with Crippen molar-refractivity contribution in [1.82, 2.24) is 4.72 Å². The molecule has 0 amide bonds. The Bertz CT molecular complexity index is 276. The zero-order chi connectivity index (χ0) is 9.68. The van der Waals surface area contributed by atoms with E-state index in [0.717, 1.165) is 4.90 Å². The fraction of sp³-hybridized carbons (Fsp3) is 0.222. The molecule has 2 N–H and O–H groups in total. The lowest BCUT2D eigenvalue weighted by Crippen LogP contribution is -2.28. The van der Waals surface area contributed by atoms with Gasteiger partial charge in [0.05, 0.1) is 0 Å². The van der Waals surface area contributed by atoms with Crippen LogP contribution in [0.1, 0.15) is 6.92 Å². The molecule has 0 aliphatic heterocycles. The number of hydrogen-bond acceptors (Lipinski definition) is 3. The molecular formula is C9H11NO2S. The van der Waals surface area contributed by atoms with Gasteiger partial charge in [0.25, 0.3) is 0 Å². The van der Waals surface area contributed by atoms with Crippen molar-refractivity contribution < 1.29 is 9.90 Å². The molecule has 1 rings (SSSR count). The Morgan fingerprint density at radius 1 is 1.46 bits per heavy atom. The third kappa shape index (κ3) is 3.48. The molecule has 70 valence electrons. The maximum atomic E-state index is 10.4. The molecule has 0 saturated carbocycles. The topological polar surface area (TPSA) is 49.3 Å². The maximum Gasteiger partial charge on any atom is 0.321 e. The van der Waals surface area contributed by atoms with Crippen molar-refractivity contribution in [3.8, 4) is 0 Å². The number of carboxylic acid groups (broad SMARTS) is 1. The summed E-state index contributed by atoms with van der Waals surface area (Å²) in [5.74, 6) is -0.844. The number of carbonyl (C=O) groups is 1. The van der Waals surface area contributed by atoms with Gasteiger partial charge in [0, 0.05) is 4.90 Å². The first-order valence-electron chi connectivity index (χ1n) is 3.90. The second kappa shape index (κ2) is 4.89. The highest BCUT2D eigenvalue weighted by Gasteiger charge is 2.09.